The number of nitrogens with zero attached hydrogens (tertiary/aromatic N) is 3. The molecule has 8 nitrogen and oxygen atoms in total. The summed E-state index contributed by atoms with van der Waals surface area (Å²) in [4.78, 5) is 23.5. The number of carbonyl (C=O) groups excluding carboxylic acids is 1. The molecule has 8 heteroatoms. The summed E-state index contributed by atoms with van der Waals surface area (Å²) in [7, 11) is 1.36. The lowest BCUT2D eigenvalue weighted by molar-refractivity contribution is 0.0693. The summed E-state index contributed by atoms with van der Waals surface area (Å²) in [6, 6.07) is 9.49. The molecule has 2 N–H and O–H groups in total. The van der Waals surface area contributed by atoms with Crippen LogP contribution in [0.15, 0.2) is 42.6 Å². The zero-order chi connectivity index (χ0) is 16.4. The van der Waals surface area contributed by atoms with Gasteiger partial charge in [0, 0.05) is 11.8 Å². The summed E-state index contributed by atoms with van der Waals surface area (Å²) >= 11 is 0. The van der Waals surface area contributed by atoms with Gasteiger partial charge in [0.2, 0.25) is 5.95 Å². The molecule has 0 saturated heterocycles. The number of aromatic nitrogens is 3. The Bertz CT molecular complexity index is 903. The van der Waals surface area contributed by atoms with Crippen molar-refractivity contribution in [2.75, 3.05) is 12.4 Å². The van der Waals surface area contributed by atoms with Gasteiger partial charge in [0.25, 0.3) is 5.91 Å². The lowest BCUT2D eigenvalue weighted by Gasteiger charge is -2.07. The minimum Gasteiger partial charge on any atom is -0.496 e. The molecule has 0 unspecified atom stereocenters. The Morgan fingerprint density at radius 1 is 1.22 bits per heavy atom. The van der Waals surface area contributed by atoms with Crippen molar-refractivity contribution in [3.05, 3.63) is 53.7 Å². The van der Waals surface area contributed by atoms with Gasteiger partial charge >= 0.3 is 5.97 Å². The number of carboxylic acids is 1. The third kappa shape index (κ3) is 2.69. The molecule has 0 aliphatic rings. The van der Waals surface area contributed by atoms with Gasteiger partial charge < -0.3 is 9.84 Å². The Morgan fingerprint density at radius 2 is 2.04 bits per heavy atom. The molecule has 0 bridgehead atoms. The van der Waals surface area contributed by atoms with E-state index in [-0.39, 0.29) is 22.8 Å². The Kier molecular flexibility index (Phi) is 3.63. The number of aromatic carboxylic acids is 1. The second-order valence-corrected chi connectivity index (χ2v) is 4.63. The monoisotopic (exact) mass is 312 g/mol. The van der Waals surface area contributed by atoms with Crippen molar-refractivity contribution in [1.29, 1.82) is 0 Å². The molecule has 1 amide bonds. The van der Waals surface area contributed by atoms with Crippen LogP contribution in [0.25, 0.3) is 5.65 Å². The number of amides is 1. The first-order chi connectivity index (χ1) is 11.1. The number of anilines is 1. The summed E-state index contributed by atoms with van der Waals surface area (Å²) in [5, 5.41) is 19.6. The van der Waals surface area contributed by atoms with Crippen LogP contribution in [0.5, 0.6) is 5.75 Å². The second kappa shape index (κ2) is 5.76. The molecule has 0 aliphatic carbocycles. The first kappa shape index (κ1) is 14.5. The summed E-state index contributed by atoms with van der Waals surface area (Å²) in [5.41, 5.74) is 0.672. The summed E-state index contributed by atoms with van der Waals surface area (Å²) in [6.45, 7) is 0. The van der Waals surface area contributed by atoms with Crippen LogP contribution >= 0.6 is 0 Å². The van der Waals surface area contributed by atoms with Crippen LogP contribution in [-0.2, 0) is 0 Å². The van der Waals surface area contributed by atoms with Gasteiger partial charge in [0.15, 0.2) is 5.65 Å². The van der Waals surface area contributed by atoms with Crippen molar-refractivity contribution < 1.29 is 19.4 Å². The second-order valence-electron chi connectivity index (χ2n) is 4.63. The fourth-order valence-electron chi connectivity index (χ4n) is 2.12. The Labute approximate surface area is 130 Å². The third-order valence-electron chi connectivity index (χ3n) is 3.23. The molecule has 116 valence electrons. The van der Waals surface area contributed by atoms with Gasteiger partial charge in [-0.15, -0.1) is 10.2 Å². The number of hydrogen-bond acceptors (Lipinski definition) is 5. The van der Waals surface area contributed by atoms with E-state index in [1.54, 1.807) is 28.8 Å². The van der Waals surface area contributed by atoms with E-state index in [0.29, 0.717) is 5.65 Å². The fourth-order valence-corrected chi connectivity index (χ4v) is 2.12. The SMILES string of the molecule is COc1ccc(C(=O)Nc2nnc3ccccn23)cc1C(=O)O. The van der Waals surface area contributed by atoms with Crippen LogP contribution in [0.3, 0.4) is 0 Å². The van der Waals surface area contributed by atoms with Crippen molar-refractivity contribution in [3.8, 4) is 5.75 Å². The maximum atomic E-state index is 12.3. The number of ether oxygens (including phenoxy) is 1. The van der Waals surface area contributed by atoms with Crippen molar-refractivity contribution in [1.82, 2.24) is 14.6 Å². The molecule has 0 aliphatic heterocycles. The highest BCUT2D eigenvalue weighted by Crippen LogP contribution is 2.20. The number of pyridine rings is 1. The van der Waals surface area contributed by atoms with Crippen molar-refractivity contribution in [3.63, 3.8) is 0 Å². The largest absolute Gasteiger partial charge is 0.496 e. The van der Waals surface area contributed by atoms with Gasteiger partial charge in [-0.3, -0.25) is 14.5 Å². The lowest BCUT2D eigenvalue weighted by atomic mass is 10.1. The van der Waals surface area contributed by atoms with Crippen molar-refractivity contribution in [2.45, 2.75) is 0 Å². The van der Waals surface area contributed by atoms with E-state index in [0.717, 1.165) is 0 Å². The number of nitrogens with one attached hydrogen (secondary N) is 1. The highest BCUT2D eigenvalue weighted by Gasteiger charge is 2.16. The van der Waals surface area contributed by atoms with Crippen LogP contribution < -0.4 is 10.1 Å². The summed E-state index contributed by atoms with van der Waals surface area (Å²) in [5.74, 6) is -1.24. The molecule has 3 rings (SSSR count). The number of carboxylic acid groups (broad SMARTS) is 1. The number of rotatable bonds is 4. The lowest BCUT2D eigenvalue weighted by Crippen LogP contribution is -2.15. The number of methoxy groups -OCH3 is 1. The van der Waals surface area contributed by atoms with E-state index in [9.17, 15) is 9.59 Å². The van der Waals surface area contributed by atoms with E-state index in [4.69, 9.17) is 9.84 Å². The van der Waals surface area contributed by atoms with Gasteiger partial charge in [-0.1, -0.05) is 6.07 Å². The van der Waals surface area contributed by atoms with Crippen LogP contribution in [0.2, 0.25) is 0 Å². The Morgan fingerprint density at radius 3 is 2.78 bits per heavy atom. The van der Waals surface area contributed by atoms with Crippen LogP contribution in [0.1, 0.15) is 20.7 Å². The maximum Gasteiger partial charge on any atom is 0.339 e. The molecule has 1 aromatic carbocycles. The van der Waals surface area contributed by atoms with Crippen molar-refractivity contribution >= 4 is 23.5 Å². The van der Waals surface area contributed by atoms with E-state index in [1.165, 1.54) is 25.3 Å². The molecule has 0 atom stereocenters. The summed E-state index contributed by atoms with van der Waals surface area (Å²) in [6.07, 6.45) is 1.71. The molecule has 23 heavy (non-hydrogen) atoms. The minimum absolute atomic E-state index is 0.0914. The van der Waals surface area contributed by atoms with E-state index < -0.39 is 11.9 Å². The fraction of sp³-hybridized carbons (Fsp3) is 0.0667. The Balaban J connectivity index is 1.91. The molecule has 0 radical (unpaired) electrons. The van der Waals surface area contributed by atoms with Crippen molar-refractivity contribution in [2.24, 2.45) is 0 Å². The first-order valence-corrected chi connectivity index (χ1v) is 6.62. The standard InChI is InChI=1S/C15H12N4O4/c1-23-11-6-5-9(8-10(11)14(21)22)13(20)16-15-18-17-12-4-2-3-7-19(12)15/h2-8H,1H3,(H,21,22)(H,16,18,20). The van der Waals surface area contributed by atoms with Crippen LogP contribution in [0, 0.1) is 0 Å². The smallest absolute Gasteiger partial charge is 0.339 e. The normalized spacial score (nSPS) is 10.5. The van der Waals surface area contributed by atoms with Gasteiger partial charge in [0.1, 0.15) is 11.3 Å². The van der Waals surface area contributed by atoms with Gasteiger partial charge in [-0.05, 0) is 30.3 Å². The number of carbonyl (C=O) groups is 2. The topological polar surface area (TPSA) is 106 Å². The van der Waals surface area contributed by atoms with Gasteiger partial charge in [-0.25, -0.2) is 4.79 Å². The molecule has 2 aromatic heterocycles. The molecule has 2 heterocycles. The third-order valence-corrected chi connectivity index (χ3v) is 3.23. The first-order valence-electron chi connectivity index (χ1n) is 6.62. The van der Waals surface area contributed by atoms with E-state index in [2.05, 4.69) is 15.5 Å². The predicted octanol–water partition coefficient (Wildman–Crippen LogP) is 1.69. The Hall–Kier alpha value is -3.42. The quantitative estimate of drug-likeness (QED) is 0.759. The molecule has 0 spiro atoms. The predicted molar refractivity (Wildman–Crippen MR) is 80.9 cm³/mol. The highest BCUT2D eigenvalue weighted by molar-refractivity contribution is 6.05. The molecule has 3 aromatic rings. The van der Waals surface area contributed by atoms with Gasteiger partial charge in [-0.2, -0.15) is 0 Å². The number of hydrogen-bond donors (Lipinski definition) is 2. The zero-order valence-electron chi connectivity index (χ0n) is 12.1. The average Bonchev–Trinajstić information content (AvgIpc) is 2.97. The van der Waals surface area contributed by atoms with E-state index in [1.807, 2.05) is 0 Å². The molecule has 0 saturated carbocycles. The molecular formula is C15H12N4O4. The average molecular weight is 312 g/mol. The van der Waals surface area contributed by atoms with Gasteiger partial charge in [0.05, 0.1) is 7.11 Å². The van der Waals surface area contributed by atoms with E-state index >= 15 is 0 Å². The zero-order valence-corrected chi connectivity index (χ0v) is 12.1. The molecule has 0 fully saturated rings. The summed E-state index contributed by atoms with van der Waals surface area (Å²) < 4.78 is 6.58. The number of fused-ring (bicyclic) bond motifs is 1. The van der Waals surface area contributed by atoms with Crippen LogP contribution in [-0.4, -0.2) is 38.7 Å². The molecular weight excluding hydrogens is 300 g/mol. The highest BCUT2D eigenvalue weighted by atomic mass is 16.5. The number of benzene rings is 1. The minimum atomic E-state index is -1.18. The van der Waals surface area contributed by atoms with Crippen LogP contribution in [0.4, 0.5) is 5.95 Å². The maximum absolute atomic E-state index is 12.3.